The lowest BCUT2D eigenvalue weighted by Crippen LogP contribution is -2.77. The summed E-state index contributed by atoms with van der Waals surface area (Å²) in [4.78, 5) is 3.72. The Labute approximate surface area is 314 Å². The summed E-state index contributed by atoms with van der Waals surface area (Å²) in [6.45, 7) is 10.8. The average Bonchev–Trinajstić information content (AvgIpc) is 3.10. The fraction of sp³-hybridized carbons (Fsp3) is 0.578. The van der Waals surface area contributed by atoms with Crippen molar-refractivity contribution in [2.24, 2.45) is 0 Å². The van der Waals surface area contributed by atoms with Gasteiger partial charge in [0.05, 0.1) is 6.07 Å². The number of aryl methyl sites for hydroxylation is 2. The minimum atomic E-state index is 0.646. The highest BCUT2D eigenvalue weighted by Gasteiger charge is 2.23. The minimum Gasteiger partial charge on any atom is -0.456 e. The molecule has 1 aliphatic carbocycles. The number of fused-ring (bicyclic) bond motifs is 2. The fourth-order valence-electron chi connectivity index (χ4n) is 7.26. The summed E-state index contributed by atoms with van der Waals surface area (Å²) in [6.07, 6.45) is 26.8. The first-order chi connectivity index (χ1) is 24.4. The van der Waals surface area contributed by atoms with E-state index in [0.29, 0.717) is 10.0 Å². The van der Waals surface area contributed by atoms with Gasteiger partial charge in [-0.3, -0.25) is 0 Å². The molecule has 4 rings (SSSR count). The van der Waals surface area contributed by atoms with Crippen molar-refractivity contribution in [3.8, 4) is 22.5 Å². The summed E-state index contributed by atoms with van der Waals surface area (Å²) >= 11 is 13.8. The maximum Gasteiger partial charge on any atom is 0.204 e. The molecule has 274 valence electrons. The van der Waals surface area contributed by atoms with Crippen molar-refractivity contribution in [3.63, 3.8) is 0 Å². The first-order valence-corrected chi connectivity index (χ1v) is 21.0. The third kappa shape index (κ3) is 12.3. The molecule has 0 aromatic heterocycles. The Bertz CT molecular complexity index is 1600. The van der Waals surface area contributed by atoms with Crippen LogP contribution in [0.4, 0.5) is 5.69 Å². The van der Waals surface area contributed by atoms with Gasteiger partial charge >= 0.3 is 0 Å². The highest BCUT2D eigenvalue weighted by atomic mass is 35.5. The van der Waals surface area contributed by atoms with E-state index in [1.165, 1.54) is 140 Å². The lowest BCUT2D eigenvalue weighted by molar-refractivity contribution is -0.501. The molecule has 2 N–H and O–H groups in total. The van der Waals surface area contributed by atoms with Crippen molar-refractivity contribution in [1.82, 2.24) is 0 Å². The number of halogens is 2. The van der Waals surface area contributed by atoms with Crippen molar-refractivity contribution >= 4 is 39.9 Å². The van der Waals surface area contributed by atoms with Gasteiger partial charge < -0.3 is 9.73 Å². The summed E-state index contributed by atoms with van der Waals surface area (Å²) in [5, 5.41) is 7.16. The number of anilines is 1. The Hall–Kier alpha value is -2.49. The van der Waals surface area contributed by atoms with Crippen LogP contribution in [-0.4, -0.2) is 13.1 Å². The van der Waals surface area contributed by atoms with Gasteiger partial charge in [0.15, 0.2) is 0 Å². The number of rotatable bonds is 24. The van der Waals surface area contributed by atoms with E-state index in [1.807, 2.05) is 18.2 Å². The molecular formula is C45H65Cl2N2O+. The summed E-state index contributed by atoms with van der Waals surface area (Å²) in [7, 11) is 0. The van der Waals surface area contributed by atoms with Crippen LogP contribution in [-0.2, 0) is 0 Å². The molecule has 0 bridgehead atoms. The molecule has 50 heavy (non-hydrogen) atoms. The molecule has 2 aromatic rings. The molecule has 0 atom stereocenters. The molecule has 2 aliphatic rings. The Morgan fingerprint density at radius 1 is 0.600 bits per heavy atom. The van der Waals surface area contributed by atoms with Gasteiger partial charge in [0.1, 0.15) is 17.9 Å². The van der Waals surface area contributed by atoms with Crippen LogP contribution in [0.5, 0.6) is 0 Å². The van der Waals surface area contributed by atoms with Crippen LogP contribution in [0.25, 0.3) is 33.4 Å². The van der Waals surface area contributed by atoms with Crippen molar-refractivity contribution in [2.45, 2.75) is 156 Å². The third-order valence-corrected chi connectivity index (χ3v) is 10.9. The van der Waals surface area contributed by atoms with Gasteiger partial charge in [-0.15, -0.1) is 0 Å². The number of nitrogens with one attached hydrogen (secondary N) is 2. The molecule has 5 heteroatoms. The third-order valence-electron chi connectivity index (χ3n) is 10.3. The van der Waals surface area contributed by atoms with Gasteiger partial charge in [0, 0.05) is 62.4 Å². The van der Waals surface area contributed by atoms with Crippen molar-refractivity contribution in [2.75, 3.05) is 18.4 Å². The number of benzene rings is 3. The molecule has 0 fully saturated rings. The Balaban J connectivity index is 1.48. The second-order valence-electron chi connectivity index (χ2n) is 14.6. The highest BCUT2D eigenvalue weighted by molar-refractivity contribution is 6.40. The Morgan fingerprint density at radius 2 is 1.14 bits per heavy atom. The molecule has 1 aliphatic heterocycles. The molecule has 1 heterocycles. The molecule has 0 saturated carbocycles. The van der Waals surface area contributed by atoms with Crippen LogP contribution >= 0.6 is 23.2 Å². The fourth-order valence-corrected chi connectivity index (χ4v) is 7.84. The molecule has 0 unspecified atom stereocenters. The van der Waals surface area contributed by atoms with E-state index in [4.69, 9.17) is 27.6 Å². The van der Waals surface area contributed by atoms with Crippen LogP contribution in [0.1, 0.15) is 153 Å². The SMILES string of the molecule is CCCCCCCCCCCCNc1cc2oc3cc(=[NH+]CCCCCCCCCCCC)c(C)cc-3c(-c3c(Cl)cccc3Cl)c2cc1C. The zero-order chi connectivity index (χ0) is 35.6. The van der Waals surface area contributed by atoms with Crippen molar-refractivity contribution in [1.29, 1.82) is 0 Å². The summed E-state index contributed by atoms with van der Waals surface area (Å²) in [5.74, 6) is 0.837. The largest absolute Gasteiger partial charge is 0.456 e. The first-order valence-electron chi connectivity index (χ1n) is 20.2. The van der Waals surface area contributed by atoms with Crippen LogP contribution in [0.2, 0.25) is 10.0 Å². The number of hydrogen-bond acceptors (Lipinski definition) is 2. The van der Waals surface area contributed by atoms with Crippen LogP contribution in [0.15, 0.2) is 46.9 Å². The van der Waals surface area contributed by atoms with Crippen LogP contribution in [0, 0.1) is 13.8 Å². The highest BCUT2D eigenvalue weighted by Crippen LogP contribution is 2.46. The molecular weight excluding hydrogens is 655 g/mol. The van der Waals surface area contributed by atoms with E-state index in [2.05, 4.69) is 62.3 Å². The second-order valence-corrected chi connectivity index (χ2v) is 15.4. The average molecular weight is 721 g/mol. The van der Waals surface area contributed by atoms with E-state index >= 15 is 0 Å². The van der Waals surface area contributed by atoms with E-state index in [9.17, 15) is 0 Å². The monoisotopic (exact) mass is 719 g/mol. The number of hydrogen-bond donors (Lipinski definition) is 2. The van der Waals surface area contributed by atoms with E-state index in [-0.39, 0.29) is 0 Å². The smallest absolute Gasteiger partial charge is 0.204 e. The number of unbranched alkanes of at least 4 members (excludes halogenated alkanes) is 18. The standard InChI is InChI=1S/C45H64Cl2N2O/c1-5-7-9-11-13-15-17-19-21-23-28-48-40-32-42-36(30-34(40)3)44(45-38(46)26-25-27-39(45)47)37-31-35(4)41(33-43(37)50-42)49-29-24-22-20-18-16-14-12-10-8-6-2/h25-27,30-33,48H,5-24,28-29H2,1-4H3/p+1. The summed E-state index contributed by atoms with van der Waals surface area (Å²) < 4.78 is 6.73. The predicted octanol–water partition coefficient (Wildman–Crippen LogP) is 13.4. The molecule has 0 spiro atoms. The van der Waals surface area contributed by atoms with E-state index < -0.39 is 0 Å². The second kappa shape index (κ2) is 22.4. The predicted molar refractivity (Wildman–Crippen MR) is 219 cm³/mol. The Morgan fingerprint density at radius 3 is 1.72 bits per heavy atom. The van der Waals surface area contributed by atoms with Gasteiger partial charge in [0.25, 0.3) is 0 Å². The van der Waals surface area contributed by atoms with Crippen molar-refractivity contribution < 1.29 is 9.41 Å². The van der Waals surface area contributed by atoms with Gasteiger partial charge in [-0.25, -0.2) is 4.99 Å². The van der Waals surface area contributed by atoms with Gasteiger partial charge in [-0.1, -0.05) is 152 Å². The van der Waals surface area contributed by atoms with E-state index in [0.717, 1.165) is 57.6 Å². The molecule has 2 aromatic carbocycles. The summed E-state index contributed by atoms with van der Waals surface area (Å²) in [5.41, 5.74) is 7.26. The molecule has 0 saturated heterocycles. The lowest BCUT2D eigenvalue weighted by atomic mass is 9.91. The quantitative estimate of drug-likeness (QED) is 0.0559. The maximum atomic E-state index is 6.88. The minimum absolute atomic E-state index is 0.646. The first kappa shape index (κ1) is 40.3. The van der Waals surface area contributed by atoms with Crippen LogP contribution < -0.4 is 15.7 Å². The van der Waals surface area contributed by atoms with Crippen LogP contribution in [0.3, 0.4) is 0 Å². The zero-order valence-electron chi connectivity index (χ0n) is 31.8. The molecule has 3 nitrogen and oxygen atoms in total. The molecule has 0 amide bonds. The Kier molecular flexibility index (Phi) is 18.1. The van der Waals surface area contributed by atoms with Gasteiger partial charge in [-0.05, 0) is 56.5 Å². The van der Waals surface area contributed by atoms with Gasteiger partial charge in [0.2, 0.25) is 5.36 Å². The lowest BCUT2D eigenvalue weighted by Gasteiger charge is -2.19. The zero-order valence-corrected chi connectivity index (χ0v) is 33.3. The topological polar surface area (TPSA) is 39.1 Å². The van der Waals surface area contributed by atoms with Gasteiger partial charge in [-0.2, -0.15) is 0 Å². The van der Waals surface area contributed by atoms with Crippen molar-refractivity contribution in [3.05, 3.63) is 69.0 Å². The summed E-state index contributed by atoms with van der Waals surface area (Å²) in [6, 6.07) is 14.6. The maximum absolute atomic E-state index is 6.88. The normalized spacial score (nSPS) is 12.1. The molecule has 0 radical (unpaired) electrons. The van der Waals surface area contributed by atoms with E-state index in [1.54, 1.807) is 0 Å².